The molecular formula is C12H26N2O3. The van der Waals surface area contributed by atoms with Crippen molar-refractivity contribution in [2.45, 2.75) is 64.7 Å². The molecule has 5 heteroatoms. The smallest absolute Gasteiger partial charge is 0.407 e. The lowest BCUT2D eigenvalue weighted by Gasteiger charge is -2.26. The number of hydrogen-bond donors (Lipinski definition) is 3. The van der Waals surface area contributed by atoms with E-state index in [9.17, 15) is 9.90 Å². The number of carbonyl (C=O) groups is 1. The van der Waals surface area contributed by atoms with Gasteiger partial charge in [0.15, 0.2) is 0 Å². The Hall–Kier alpha value is -0.810. The van der Waals surface area contributed by atoms with Gasteiger partial charge in [0.05, 0.1) is 12.1 Å². The van der Waals surface area contributed by atoms with E-state index in [4.69, 9.17) is 10.5 Å². The number of amides is 1. The Morgan fingerprint density at radius 3 is 2.47 bits per heavy atom. The van der Waals surface area contributed by atoms with Gasteiger partial charge in [0.2, 0.25) is 0 Å². The molecule has 0 saturated carbocycles. The molecule has 0 aromatic rings. The van der Waals surface area contributed by atoms with Crippen molar-refractivity contribution in [1.29, 1.82) is 0 Å². The average Bonchev–Trinajstić information content (AvgIpc) is 2.20. The lowest BCUT2D eigenvalue weighted by molar-refractivity contribution is 0.0421. The summed E-state index contributed by atoms with van der Waals surface area (Å²) < 4.78 is 5.14. The average molecular weight is 246 g/mol. The first-order valence-corrected chi connectivity index (χ1v) is 6.17. The predicted octanol–water partition coefficient (Wildman–Crippen LogP) is 1.39. The third kappa shape index (κ3) is 7.99. The number of nitrogens with two attached hydrogens (primary N) is 1. The molecule has 0 aliphatic rings. The molecule has 0 rings (SSSR count). The molecule has 2 atom stereocenters. The van der Waals surface area contributed by atoms with E-state index in [-0.39, 0.29) is 12.6 Å². The van der Waals surface area contributed by atoms with Gasteiger partial charge in [-0.25, -0.2) is 4.79 Å². The summed E-state index contributed by atoms with van der Waals surface area (Å²) in [5.41, 5.74) is 4.87. The fraction of sp³-hybridized carbons (Fsp3) is 0.917. The van der Waals surface area contributed by atoms with Crippen molar-refractivity contribution in [2.75, 3.05) is 6.54 Å². The van der Waals surface area contributed by atoms with Crippen LogP contribution in [-0.2, 0) is 4.74 Å². The number of rotatable bonds is 6. The molecule has 17 heavy (non-hydrogen) atoms. The molecule has 0 fully saturated rings. The first-order chi connectivity index (χ1) is 7.80. The minimum absolute atomic E-state index is 0.129. The van der Waals surface area contributed by atoms with E-state index in [0.717, 1.165) is 12.8 Å². The van der Waals surface area contributed by atoms with Gasteiger partial charge in [-0.15, -0.1) is 0 Å². The third-order valence-corrected chi connectivity index (χ3v) is 2.28. The SMILES string of the molecule is CCCC[C@H](NC(=O)OC(C)(C)C)C(O)CN. The van der Waals surface area contributed by atoms with Crippen LogP contribution in [0.5, 0.6) is 0 Å². The van der Waals surface area contributed by atoms with Crippen LogP contribution in [0.3, 0.4) is 0 Å². The molecule has 0 radical (unpaired) electrons. The van der Waals surface area contributed by atoms with E-state index in [1.54, 1.807) is 20.8 Å². The van der Waals surface area contributed by atoms with E-state index in [1.165, 1.54) is 0 Å². The molecule has 0 spiro atoms. The molecule has 102 valence electrons. The Morgan fingerprint density at radius 1 is 1.47 bits per heavy atom. The van der Waals surface area contributed by atoms with Crippen LogP contribution < -0.4 is 11.1 Å². The molecule has 0 aliphatic carbocycles. The van der Waals surface area contributed by atoms with Gasteiger partial charge in [0.25, 0.3) is 0 Å². The van der Waals surface area contributed by atoms with Crippen LogP contribution in [0.1, 0.15) is 47.0 Å². The first kappa shape index (κ1) is 16.2. The maximum Gasteiger partial charge on any atom is 0.407 e. The topological polar surface area (TPSA) is 84.6 Å². The highest BCUT2D eigenvalue weighted by Crippen LogP contribution is 2.09. The van der Waals surface area contributed by atoms with Crippen LogP contribution in [0, 0.1) is 0 Å². The number of hydrogen-bond acceptors (Lipinski definition) is 4. The molecule has 0 aromatic carbocycles. The van der Waals surface area contributed by atoms with Crippen molar-refractivity contribution < 1.29 is 14.6 Å². The zero-order chi connectivity index (χ0) is 13.5. The van der Waals surface area contributed by atoms with Crippen molar-refractivity contribution in [3.8, 4) is 0 Å². The van der Waals surface area contributed by atoms with E-state index in [2.05, 4.69) is 12.2 Å². The summed E-state index contributed by atoms with van der Waals surface area (Å²) in [6.07, 6.45) is 1.40. The summed E-state index contributed by atoms with van der Waals surface area (Å²) >= 11 is 0. The monoisotopic (exact) mass is 246 g/mol. The predicted molar refractivity (Wildman–Crippen MR) is 67.7 cm³/mol. The fourth-order valence-electron chi connectivity index (χ4n) is 1.41. The number of alkyl carbamates (subject to hydrolysis) is 1. The Bertz CT molecular complexity index is 226. The summed E-state index contributed by atoms with van der Waals surface area (Å²) in [5, 5.41) is 12.4. The van der Waals surface area contributed by atoms with Gasteiger partial charge in [-0.1, -0.05) is 19.8 Å². The maximum absolute atomic E-state index is 11.6. The van der Waals surface area contributed by atoms with Gasteiger partial charge >= 0.3 is 6.09 Å². The fourth-order valence-corrected chi connectivity index (χ4v) is 1.41. The number of aliphatic hydroxyl groups excluding tert-OH is 1. The van der Waals surface area contributed by atoms with Crippen LogP contribution in [0.25, 0.3) is 0 Å². The number of nitrogens with one attached hydrogen (secondary N) is 1. The normalized spacial score (nSPS) is 15.2. The van der Waals surface area contributed by atoms with Gasteiger partial charge in [0, 0.05) is 6.54 Å². The quantitative estimate of drug-likeness (QED) is 0.661. The van der Waals surface area contributed by atoms with Crippen molar-refractivity contribution in [2.24, 2.45) is 5.73 Å². The number of unbranched alkanes of at least 4 members (excludes halogenated alkanes) is 1. The largest absolute Gasteiger partial charge is 0.444 e. The molecule has 1 amide bonds. The van der Waals surface area contributed by atoms with Crippen LogP contribution >= 0.6 is 0 Å². The molecular weight excluding hydrogens is 220 g/mol. The molecule has 0 saturated heterocycles. The van der Waals surface area contributed by atoms with E-state index in [0.29, 0.717) is 6.42 Å². The van der Waals surface area contributed by atoms with Crippen molar-refractivity contribution in [3.63, 3.8) is 0 Å². The van der Waals surface area contributed by atoms with Crippen LogP contribution in [0.4, 0.5) is 4.79 Å². The first-order valence-electron chi connectivity index (χ1n) is 6.17. The molecule has 4 N–H and O–H groups in total. The molecule has 1 unspecified atom stereocenters. The van der Waals surface area contributed by atoms with E-state index < -0.39 is 17.8 Å². The Labute approximate surface area is 104 Å². The zero-order valence-electron chi connectivity index (χ0n) is 11.3. The zero-order valence-corrected chi connectivity index (χ0v) is 11.3. The molecule has 0 heterocycles. The summed E-state index contributed by atoms with van der Waals surface area (Å²) in [6.45, 7) is 7.58. The maximum atomic E-state index is 11.6. The second-order valence-corrected chi connectivity index (χ2v) is 5.20. The van der Waals surface area contributed by atoms with Gasteiger partial charge in [-0.3, -0.25) is 0 Å². The summed E-state index contributed by atoms with van der Waals surface area (Å²) in [5.74, 6) is 0. The second kappa shape index (κ2) is 7.50. The minimum Gasteiger partial charge on any atom is -0.444 e. The minimum atomic E-state index is -0.728. The van der Waals surface area contributed by atoms with Gasteiger partial charge in [-0.05, 0) is 27.2 Å². The third-order valence-electron chi connectivity index (χ3n) is 2.28. The highest BCUT2D eigenvalue weighted by Gasteiger charge is 2.23. The molecule has 5 nitrogen and oxygen atoms in total. The highest BCUT2D eigenvalue weighted by atomic mass is 16.6. The van der Waals surface area contributed by atoms with Crippen molar-refractivity contribution in [1.82, 2.24) is 5.32 Å². The van der Waals surface area contributed by atoms with Crippen LogP contribution in [0.15, 0.2) is 0 Å². The van der Waals surface area contributed by atoms with E-state index in [1.807, 2.05) is 0 Å². The summed E-state index contributed by atoms with van der Waals surface area (Å²) in [6, 6.07) is -0.338. The van der Waals surface area contributed by atoms with Gasteiger partial charge in [0.1, 0.15) is 5.60 Å². The number of ether oxygens (including phenoxy) is 1. The van der Waals surface area contributed by atoms with E-state index >= 15 is 0 Å². The second-order valence-electron chi connectivity index (χ2n) is 5.20. The van der Waals surface area contributed by atoms with Crippen molar-refractivity contribution in [3.05, 3.63) is 0 Å². The Balaban J connectivity index is 4.27. The Morgan fingerprint density at radius 2 is 2.06 bits per heavy atom. The molecule has 0 aromatic heterocycles. The number of carbonyl (C=O) groups excluding carboxylic acids is 1. The molecule has 0 aliphatic heterocycles. The summed E-state index contributed by atoms with van der Waals surface area (Å²) in [7, 11) is 0. The van der Waals surface area contributed by atoms with Crippen LogP contribution in [-0.4, -0.2) is 35.5 Å². The Kier molecular flexibility index (Phi) is 7.15. The summed E-state index contributed by atoms with van der Waals surface area (Å²) in [4.78, 5) is 11.6. The van der Waals surface area contributed by atoms with Gasteiger partial charge in [-0.2, -0.15) is 0 Å². The lowest BCUT2D eigenvalue weighted by Crippen LogP contribution is -2.48. The van der Waals surface area contributed by atoms with Crippen molar-refractivity contribution >= 4 is 6.09 Å². The lowest BCUT2D eigenvalue weighted by atomic mass is 10.0. The molecule has 0 bridgehead atoms. The van der Waals surface area contributed by atoms with Crippen LogP contribution in [0.2, 0.25) is 0 Å². The van der Waals surface area contributed by atoms with Gasteiger partial charge < -0.3 is 20.9 Å². The standard InChI is InChI=1S/C12H26N2O3/c1-5-6-7-9(10(15)8-13)14-11(16)17-12(2,3)4/h9-10,15H,5-8,13H2,1-4H3,(H,14,16)/t9-,10?/m0/s1. The highest BCUT2D eigenvalue weighted by molar-refractivity contribution is 5.68. The number of aliphatic hydroxyl groups is 1.